The van der Waals surface area contributed by atoms with Gasteiger partial charge in [0.05, 0.1) is 6.04 Å². The molecule has 2 atom stereocenters. The maximum atomic E-state index is 11.0. The van der Waals surface area contributed by atoms with E-state index in [1.807, 2.05) is 0 Å². The van der Waals surface area contributed by atoms with E-state index in [0.29, 0.717) is 5.78 Å². The monoisotopic (exact) mass is 159 g/mol. The van der Waals surface area contributed by atoms with Crippen molar-refractivity contribution in [3.8, 4) is 0 Å². The summed E-state index contributed by atoms with van der Waals surface area (Å²) in [6.07, 6.45) is 3.47. The average Bonchev–Trinajstić information content (AvgIpc) is 1.88. The molecule has 0 spiro atoms. The number of piperidine rings is 1. The van der Waals surface area contributed by atoms with E-state index in [1.165, 1.54) is 12.8 Å². The largest absolute Gasteiger partial charge is 0.298 e. The van der Waals surface area contributed by atoms with Crippen molar-refractivity contribution in [2.45, 2.75) is 32.2 Å². The van der Waals surface area contributed by atoms with E-state index in [0.717, 1.165) is 13.0 Å². The van der Waals surface area contributed by atoms with Crippen LogP contribution in [0.5, 0.6) is 0 Å². The van der Waals surface area contributed by atoms with Crippen LogP contribution >= 0.6 is 9.39 Å². The molecule has 0 saturated carbocycles. The maximum absolute atomic E-state index is 11.0. The highest BCUT2D eigenvalue weighted by Crippen LogP contribution is 2.20. The molecule has 1 rings (SSSR count). The Balaban J connectivity index is 2.47. The Bertz CT molecular complexity index is 138. The van der Waals surface area contributed by atoms with Crippen LogP contribution in [0.15, 0.2) is 0 Å². The minimum Gasteiger partial charge on any atom is -0.298 e. The lowest BCUT2D eigenvalue weighted by Crippen LogP contribution is -2.36. The third-order valence-corrected chi connectivity index (χ3v) is 2.63. The van der Waals surface area contributed by atoms with Crippen molar-refractivity contribution in [1.29, 1.82) is 0 Å². The summed E-state index contributed by atoms with van der Waals surface area (Å²) in [7, 11) is 2.63. The van der Waals surface area contributed by atoms with Crippen LogP contribution in [0.2, 0.25) is 0 Å². The summed E-state index contributed by atoms with van der Waals surface area (Å²) >= 11 is 0. The van der Waals surface area contributed by atoms with E-state index >= 15 is 0 Å². The van der Waals surface area contributed by atoms with Gasteiger partial charge in [-0.25, -0.2) is 0 Å². The second-order valence-corrected chi connectivity index (χ2v) is 3.52. The Morgan fingerprint density at radius 1 is 1.60 bits per heavy atom. The molecule has 1 heterocycles. The summed E-state index contributed by atoms with van der Waals surface area (Å²) in [5.74, 6) is 0.301. The van der Waals surface area contributed by atoms with Gasteiger partial charge in [-0.15, -0.1) is 0 Å². The lowest BCUT2D eigenvalue weighted by atomic mass is 10.0. The summed E-state index contributed by atoms with van der Waals surface area (Å²) in [5.41, 5.74) is 0. The number of rotatable bonds is 1. The number of hydrogen-bond acceptors (Lipinski definition) is 2. The van der Waals surface area contributed by atoms with Gasteiger partial charge < -0.3 is 0 Å². The van der Waals surface area contributed by atoms with Crippen molar-refractivity contribution < 1.29 is 4.79 Å². The Morgan fingerprint density at radius 2 is 2.30 bits per heavy atom. The number of ketones is 1. The summed E-state index contributed by atoms with van der Waals surface area (Å²) in [5, 5.41) is 0. The van der Waals surface area contributed by atoms with E-state index < -0.39 is 0 Å². The van der Waals surface area contributed by atoms with Crippen LogP contribution in [0.1, 0.15) is 26.2 Å². The lowest BCUT2D eigenvalue weighted by molar-refractivity contribution is -0.121. The van der Waals surface area contributed by atoms with Crippen molar-refractivity contribution in [2.75, 3.05) is 6.54 Å². The molecule has 58 valence electrons. The summed E-state index contributed by atoms with van der Waals surface area (Å²) in [6.45, 7) is 2.72. The Kier molecular flexibility index (Phi) is 2.82. The minimum absolute atomic E-state index is 0.179. The third-order valence-electron chi connectivity index (χ3n) is 2.01. The summed E-state index contributed by atoms with van der Waals surface area (Å²) < 4.78 is 2.08. The van der Waals surface area contributed by atoms with Gasteiger partial charge in [0.1, 0.15) is 5.78 Å². The van der Waals surface area contributed by atoms with Crippen LogP contribution < -0.4 is 0 Å². The Hall–Kier alpha value is 0.0600. The molecule has 0 aliphatic carbocycles. The molecule has 0 aromatic rings. The number of Topliss-reactive ketones (excluding diaryl/α,β-unsaturated/α-hetero) is 1. The first-order valence-corrected chi connectivity index (χ1v) is 4.25. The Labute approximate surface area is 64.2 Å². The molecule has 2 nitrogen and oxygen atoms in total. The van der Waals surface area contributed by atoms with E-state index in [1.54, 1.807) is 6.92 Å². The predicted molar refractivity (Wildman–Crippen MR) is 44.7 cm³/mol. The molecule has 1 saturated heterocycles. The fraction of sp³-hybridized carbons (Fsp3) is 0.857. The summed E-state index contributed by atoms with van der Waals surface area (Å²) in [4.78, 5) is 11.0. The topological polar surface area (TPSA) is 20.3 Å². The third kappa shape index (κ3) is 1.77. The molecule has 0 radical (unpaired) electrons. The number of nitrogens with zero attached hydrogens (tertiary/aromatic N) is 1. The number of hydrogen-bond donors (Lipinski definition) is 0. The molecule has 2 unspecified atom stereocenters. The van der Waals surface area contributed by atoms with Gasteiger partial charge in [0.15, 0.2) is 0 Å². The normalized spacial score (nSPS) is 28.4. The first-order chi connectivity index (χ1) is 4.72. The van der Waals surface area contributed by atoms with Gasteiger partial charge in [-0.1, -0.05) is 15.8 Å². The molecule has 1 fully saturated rings. The van der Waals surface area contributed by atoms with Crippen LogP contribution in [0.25, 0.3) is 0 Å². The number of carbonyl (C=O) groups is 1. The quantitative estimate of drug-likeness (QED) is 0.536. The van der Waals surface area contributed by atoms with Crippen molar-refractivity contribution in [3.05, 3.63) is 0 Å². The van der Waals surface area contributed by atoms with Crippen LogP contribution in [0.4, 0.5) is 0 Å². The van der Waals surface area contributed by atoms with Crippen LogP contribution in [0.3, 0.4) is 0 Å². The van der Waals surface area contributed by atoms with Crippen molar-refractivity contribution in [2.24, 2.45) is 0 Å². The maximum Gasteiger partial charge on any atom is 0.147 e. The molecule has 1 aliphatic heterocycles. The van der Waals surface area contributed by atoms with Gasteiger partial charge in [0.2, 0.25) is 0 Å². The van der Waals surface area contributed by atoms with E-state index in [4.69, 9.17) is 0 Å². The number of carbonyl (C=O) groups excluding carboxylic acids is 1. The van der Waals surface area contributed by atoms with Crippen molar-refractivity contribution in [3.63, 3.8) is 0 Å². The van der Waals surface area contributed by atoms with Gasteiger partial charge in [0, 0.05) is 6.54 Å². The molecule has 0 N–H and O–H groups in total. The second kappa shape index (κ2) is 3.45. The van der Waals surface area contributed by atoms with E-state index in [9.17, 15) is 4.79 Å². The standard InChI is InChI=1S/C7H14NOP/c1-6(9)7-4-2-3-5-8(7)10/h7H,2-5,10H2,1H3. The van der Waals surface area contributed by atoms with Gasteiger partial charge in [0.25, 0.3) is 0 Å². The van der Waals surface area contributed by atoms with Gasteiger partial charge >= 0.3 is 0 Å². The summed E-state index contributed by atoms with van der Waals surface area (Å²) in [6, 6.07) is 0.179. The predicted octanol–water partition coefficient (Wildman–Crippen LogP) is 1.22. The molecule has 1 aliphatic rings. The van der Waals surface area contributed by atoms with Crippen molar-refractivity contribution in [1.82, 2.24) is 4.67 Å². The fourth-order valence-electron chi connectivity index (χ4n) is 1.39. The zero-order chi connectivity index (χ0) is 7.56. The zero-order valence-corrected chi connectivity index (χ0v) is 7.49. The first kappa shape index (κ1) is 8.16. The molecule has 10 heavy (non-hydrogen) atoms. The van der Waals surface area contributed by atoms with E-state index in [2.05, 4.69) is 14.1 Å². The molecule has 0 bridgehead atoms. The highest BCUT2D eigenvalue weighted by Gasteiger charge is 2.22. The van der Waals surface area contributed by atoms with Crippen molar-refractivity contribution >= 4 is 15.2 Å². The minimum atomic E-state index is 0.179. The van der Waals surface area contributed by atoms with Gasteiger partial charge in [-0.2, -0.15) is 0 Å². The Morgan fingerprint density at radius 3 is 2.70 bits per heavy atom. The van der Waals surface area contributed by atoms with Gasteiger partial charge in [-0.05, 0) is 19.8 Å². The van der Waals surface area contributed by atoms with Crippen LogP contribution in [-0.2, 0) is 4.79 Å². The molecule has 3 heteroatoms. The van der Waals surface area contributed by atoms with Crippen LogP contribution in [-0.4, -0.2) is 23.0 Å². The highest BCUT2D eigenvalue weighted by atomic mass is 31.0. The molecule has 0 aromatic heterocycles. The SMILES string of the molecule is CC(=O)C1CCCCN1P. The molecular weight excluding hydrogens is 145 g/mol. The van der Waals surface area contributed by atoms with E-state index in [-0.39, 0.29) is 6.04 Å². The molecule has 0 aromatic carbocycles. The molecule has 0 amide bonds. The zero-order valence-electron chi connectivity index (χ0n) is 6.34. The average molecular weight is 159 g/mol. The highest BCUT2D eigenvalue weighted by molar-refractivity contribution is 7.13. The second-order valence-electron chi connectivity index (χ2n) is 2.86. The van der Waals surface area contributed by atoms with Crippen LogP contribution in [0, 0.1) is 0 Å². The fourth-order valence-corrected chi connectivity index (χ4v) is 1.93. The molecular formula is C7H14NOP. The first-order valence-electron chi connectivity index (χ1n) is 3.73. The lowest BCUT2D eigenvalue weighted by Gasteiger charge is -2.29. The van der Waals surface area contributed by atoms with Gasteiger partial charge in [-0.3, -0.25) is 9.46 Å². The smallest absolute Gasteiger partial charge is 0.147 e.